The molecule has 0 amide bonds. The molecule has 0 aliphatic rings. The van der Waals surface area contributed by atoms with Gasteiger partial charge >= 0.3 is 12.3 Å². The summed E-state index contributed by atoms with van der Waals surface area (Å²) in [5, 5.41) is 0. The van der Waals surface area contributed by atoms with E-state index in [1.54, 1.807) is 13.0 Å². The van der Waals surface area contributed by atoms with Gasteiger partial charge in [0.2, 0.25) is 0 Å². The summed E-state index contributed by atoms with van der Waals surface area (Å²) in [6, 6.07) is 10.0. The Morgan fingerprint density at radius 3 is 2.42 bits per heavy atom. The Balaban J connectivity index is 2.60. The standard InChI is InChI=1S/C17H15F3O4/c1-3-23-16(21)13-9-8-11(22-2)10-14(13)12-6-4-5-7-15(12)24-17(18,19)20/h4-10H,3H2,1-2H3. The lowest BCUT2D eigenvalue weighted by molar-refractivity contribution is -0.274. The number of ether oxygens (including phenoxy) is 3. The van der Waals surface area contributed by atoms with Crippen molar-refractivity contribution in [1.82, 2.24) is 0 Å². The van der Waals surface area contributed by atoms with E-state index in [1.165, 1.54) is 43.5 Å². The molecule has 0 bridgehead atoms. The molecule has 2 rings (SSSR count). The molecule has 0 aliphatic carbocycles. The average molecular weight is 340 g/mol. The summed E-state index contributed by atoms with van der Waals surface area (Å²) < 4.78 is 52.0. The molecule has 0 saturated heterocycles. The molecule has 0 saturated carbocycles. The Bertz CT molecular complexity index is 726. The van der Waals surface area contributed by atoms with E-state index in [0.29, 0.717) is 5.75 Å². The minimum absolute atomic E-state index is 0.108. The van der Waals surface area contributed by atoms with Gasteiger partial charge < -0.3 is 14.2 Å². The first-order chi connectivity index (χ1) is 11.4. The third-order valence-electron chi connectivity index (χ3n) is 3.12. The molecule has 0 unspecified atom stereocenters. The van der Waals surface area contributed by atoms with Crippen LogP contribution in [0.1, 0.15) is 17.3 Å². The van der Waals surface area contributed by atoms with Crippen molar-refractivity contribution in [3.05, 3.63) is 48.0 Å². The van der Waals surface area contributed by atoms with Gasteiger partial charge in [-0.05, 0) is 31.2 Å². The summed E-state index contributed by atoms with van der Waals surface area (Å²) in [5.74, 6) is -0.666. The molecular formula is C17H15F3O4. The van der Waals surface area contributed by atoms with E-state index in [2.05, 4.69) is 4.74 Å². The Hall–Kier alpha value is -2.70. The van der Waals surface area contributed by atoms with Crippen LogP contribution >= 0.6 is 0 Å². The zero-order valence-corrected chi connectivity index (χ0v) is 13.0. The number of benzene rings is 2. The van der Waals surface area contributed by atoms with E-state index in [0.717, 1.165) is 0 Å². The Morgan fingerprint density at radius 2 is 1.79 bits per heavy atom. The molecule has 2 aromatic carbocycles. The second kappa shape index (κ2) is 7.25. The van der Waals surface area contributed by atoms with Crippen LogP contribution in [0.2, 0.25) is 0 Å². The number of para-hydroxylation sites is 1. The van der Waals surface area contributed by atoms with Gasteiger partial charge in [-0.1, -0.05) is 18.2 Å². The zero-order chi connectivity index (χ0) is 17.7. The van der Waals surface area contributed by atoms with Gasteiger partial charge in [-0.25, -0.2) is 4.79 Å². The van der Waals surface area contributed by atoms with Crippen LogP contribution in [0.15, 0.2) is 42.5 Å². The maximum Gasteiger partial charge on any atom is 0.573 e. The summed E-state index contributed by atoms with van der Waals surface area (Å²) in [4.78, 5) is 12.1. The van der Waals surface area contributed by atoms with Crippen LogP contribution in [-0.4, -0.2) is 26.0 Å². The number of alkyl halides is 3. The number of rotatable bonds is 5. The van der Waals surface area contributed by atoms with E-state index in [9.17, 15) is 18.0 Å². The van der Waals surface area contributed by atoms with Crippen LogP contribution in [0.3, 0.4) is 0 Å². The summed E-state index contributed by atoms with van der Waals surface area (Å²) in [6.45, 7) is 1.78. The minimum Gasteiger partial charge on any atom is -0.497 e. The summed E-state index contributed by atoms with van der Waals surface area (Å²) in [6.07, 6.45) is -4.85. The highest BCUT2D eigenvalue weighted by molar-refractivity contribution is 5.98. The van der Waals surface area contributed by atoms with Crippen molar-refractivity contribution in [2.24, 2.45) is 0 Å². The normalized spacial score (nSPS) is 11.0. The first-order valence-corrected chi connectivity index (χ1v) is 7.06. The van der Waals surface area contributed by atoms with Crippen molar-refractivity contribution in [1.29, 1.82) is 0 Å². The molecule has 0 atom stereocenters. The number of esters is 1. The van der Waals surface area contributed by atoms with Crippen LogP contribution in [0.4, 0.5) is 13.2 Å². The fraction of sp³-hybridized carbons (Fsp3) is 0.235. The molecule has 0 fully saturated rings. The van der Waals surface area contributed by atoms with E-state index >= 15 is 0 Å². The van der Waals surface area contributed by atoms with Gasteiger partial charge in [0.1, 0.15) is 11.5 Å². The molecule has 4 nitrogen and oxygen atoms in total. The fourth-order valence-corrected chi connectivity index (χ4v) is 2.16. The molecule has 0 aromatic heterocycles. The van der Waals surface area contributed by atoms with Gasteiger partial charge in [0.15, 0.2) is 0 Å². The van der Waals surface area contributed by atoms with Gasteiger partial charge in [0, 0.05) is 11.1 Å². The molecule has 0 N–H and O–H groups in total. The second-order valence-corrected chi connectivity index (χ2v) is 4.68. The van der Waals surface area contributed by atoms with Crippen molar-refractivity contribution in [3.63, 3.8) is 0 Å². The number of carbonyl (C=O) groups is 1. The highest BCUT2D eigenvalue weighted by atomic mass is 19.4. The van der Waals surface area contributed by atoms with Gasteiger partial charge in [0.25, 0.3) is 0 Å². The smallest absolute Gasteiger partial charge is 0.497 e. The van der Waals surface area contributed by atoms with Crippen LogP contribution in [0.5, 0.6) is 11.5 Å². The highest BCUT2D eigenvalue weighted by Gasteiger charge is 2.32. The van der Waals surface area contributed by atoms with Crippen molar-refractivity contribution in [3.8, 4) is 22.6 Å². The molecule has 0 radical (unpaired) electrons. The maximum absolute atomic E-state index is 12.6. The number of hydrogen-bond acceptors (Lipinski definition) is 4. The first-order valence-electron chi connectivity index (χ1n) is 7.06. The van der Waals surface area contributed by atoms with E-state index in [-0.39, 0.29) is 23.3 Å². The van der Waals surface area contributed by atoms with Gasteiger partial charge in [-0.2, -0.15) is 0 Å². The quantitative estimate of drug-likeness (QED) is 0.755. The topological polar surface area (TPSA) is 44.8 Å². The number of halogens is 3. The number of methoxy groups -OCH3 is 1. The molecular weight excluding hydrogens is 325 g/mol. The SMILES string of the molecule is CCOC(=O)c1ccc(OC)cc1-c1ccccc1OC(F)(F)F. The first kappa shape index (κ1) is 17.7. The summed E-state index contributed by atoms with van der Waals surface area (Å²) >= 11 is 0. The summed E-state index contributed by atoms with van der Waals surface area (Å²) in [7, 11) is 1.42. The Labute approximate surface area is 136 Å². The van der Waals surface area contributed by atoms with Crippen molar-refractivity contribution in [2.75, 3.05) is 13.7 Å². The van der Waals surface area contributed by atoms with Gasteiger partial charge in [-0.3, -0.25) is 0 Å². The number of carbonyl (C=O) groups excluding carboxylic acids is 1. The average Bonchev–Trinajstić information content (AvgIpc) is 2.53. The zero-order valence-electron chi connectivity index (χ0n) is 13.0. The van der Waals surface area contributed by atoms with Crippen molar-refractivity contribution < 1.29 is 32.2 Å². The third kappa shape index (κ3) is 4.18. The van der Waals surface area contributed by atoms with Crippen LogP contribution in [-0.2, 0) is 4.74 Å². The van der Waals surface area contributed by atoms with Crippen molar-refractivity contribution in [2.45, 2.75) is 13.3 Å². The van der Waals surface area contributed by atoms with Crippen LogP contribution in [0.25, 0.3) is 11.1 Å². The maximum atomic E-state index is 12.6. The highest BCUT2D eigenvalue weighted by Crippen LogP contribution is 2.37. The third-order valence-corrected chi connectivity index (χ3v) is 3.12. The molecule has 24 heavy (non-hydrogen) atoms. The fourth-order valence-electron chi connectivity index (χ4n) is 2.16. The molecule has 7 heteroatoms. The molecule has 0 aliphatic heterocycles. The van der Waals surface area contributed by atoms with Crippen LogP contribution in [0, 0.1) is 0 Å². The minimum atomic E-state index is -4.85. The monoisotopic (exact) mass is 340 g/mol. The Kier molecular flexibility index (Phi) is 5.33. The molecule has 128 valence electrons. The lowest BCUT2D eigenvalue weighted by atomic mass is 9.98. The lowest BCUT2D eigenvalue weighted by Gasteiger charge is -2.16. The van der Waals surface area contributed by atoms with Gasteiger partial charge in [-0.15, -0.1) is 13.2 Å². The number of hydrogen-bond donors (Lipinski definition) is 0. The Morgan fingerprint density at radius 1 is 1.08 bits per heavy atom. The van der Waals surface area contributed by atoms with Crippen LogP contribution < -0.4 is 9.47 Å². The van der Waals surface area contributed by atoms with E-state index in [1.807, 2.05) is 0 Å². The molecule has 0 spiro atoms. The van der Waals surface area contributed by atoms with Crippen molar-refractivity contribution >= 4 is 5.97 Å². The molecule has 2 aromatic rings. The predicted molar refractivity (Wildman–Crippen MR) is 81.1 cm³/mol. The largest absolute Gasteiger partial charge is 0.573 e. The van der Waals surface area contributed by atoms with Gasteiger partial charge in [0.05, 0.1) is 19.3 Å². The predicted octanol–water partition coefficient (Wildman–Crippen LogP) is 4.44. The lowest BCUT2D eigenvalue weighted by Crippen LogP contribution is -2.17. The second-order valence-electron chi connectivity index (χ2n) is 4.68. The van der Waals surface area contributed by atoms with E-state index < -0.39 is 18.1 Å². The van der Waals surface area contributed by atoms with E-state index in [4.69, 9.17) is 9.47 Å². The molecule has 0 heterocycles. The summed E-state index contributed by atoms with van der Waals surface area (Å²) in [5.41, 5.74) is 0.459.